The molecule has 0 saturated carbocycles. The molecule has 0 aliphatic rings. The van der Waals surface area contributed by atoms with E-state index in [2.05, 4.69) is 33.0 Å². The third-order valence-electron chi connectivity index (χ3n) is 2.74. The first-order valence-corrected chi connectivity index (χ1v) is 5.53. The van der Waals surface area contributed by atoms with Gasteiger partial charge in [0.1, 0.15) is 5.82 Å². The molecule has 1 rings (SSSR count). The smallest absolute Gasteiger partial charge is 0.126 e. The van der Waals surface area contributed by atoms with Crippen LogP contribution in [0.5, 0.6) is 0 Å². The minimum absolute atomic E-state index is 0.109. The quantitative estimate of drug-likeness (QED) is 0.802. The Morgan fingerprint density at radius 3 is 2.20 bits per heavy atom. The van der Waals surface area contributed by atoms with Crippen LogP contribution in [0.25, 0.3) is 0 Å². The van der Waals surface area contributed by atoms with Gasteiger partial charge in [0, 0.05) is 12.1 Å². The molecule has 0 heterocycles. The van der Waals surface area contributed by atoms with Crippen LogP contribution in [0, 0.1) is 5.82 Å². The van der Waals surface area contributed by atoms with E-state index in [0.717, 1.165) is 5.56 Å². The van der Waals surface area contributed by atoms with Crippen molar-refractivity contribution in [1.29, 1.82) is 0 Å². The Bertz CT molecular complexity index is 309. The third kappa shape index (κ3) is 3.31. The largest absolute Gasteiger partial charge is 0.311 e. The molecular weight excluding hydrogens is 189 g/mol. The van der Waals surface area contributed by atoms with Gasteiger partial charge in [-0.3, -0.25) is 0 Å². The van der Waals surface area contributed by atoms with E-state index in [-0.39, 0.29) is 17.8 Å². The molecule has 0 bridgehead atoms. The van der Waals surface area contributed by atoms with Gasteiger partial charge < -0.3 is 5.32 Å². The highest BCUT2D eigenvalue weighted by Crippen LogP contribution is 2.21. The van der Waals surface area contributed by atoms with Crippen LogP contribution in [0.4, 0.5) is 4.39 Å². The van der Waals surface area contributed by atoms with Crippen molar-refractivity contribution in [1.82, 2.24) is 5.32 Å². The molecule has 0 radical (unpaired) electrons. The van der Waals surface area contributed by atoms with Crippen molar-refractivity contribution in [3.63, 3.8) is 0 Å². The summed E-state index contributed by atoms with van der Waals surface area (Å²) in [6.45, 7) is 8.35. The normalized spacial score (nSPS) is 15.3. The van der Waals surface area contributed by atoms with Crippen molar-refractivity contribution in [3.8, 4) is 0 Å². The van der Waals surface area contributed by atoms with Crippen LogP contribution in [0.1, 0.15) is 39.2 Å². The molecule has 0 aromatic heterocycles. The molecule has 2 heteroatoms. The van der Waals surface area contributed by atoms with Gasteiger partial charge in [0.05, 0.1) is 0 Å². The van der Waals surface area contributed by atoms with E-state index in [1.165, 1.54) is 6.07 Å². The Balaban J connectivity index is 2.76. The van der Waals surface area contributed by atoms with E-state index in [0.29, 0.717) is 6.04 Å². The maximum absolute atomic E-state index is 13.5. The number of hydrogen-bond donors (Lipinski definition) is 1. The molecule has 0 aliphatic carbocycles. The third-order valence-corrected chi connectivity index (χ3v) is 2.74. The number of nitrogens with one attached hydrogen (secondary N) is 1. The van der Waals surface area contributed by atoms with Crippen LogP contribution in [0.2, 0.25) is 0 Å². The zero-order valence-electron chi connectivity index (χ0n) is 9.92. The molecule has 0 fully saturated rings. The Morgan fingerprint density at radius 1 is 1.07 bits per heavy atom. The highest BCUT2D eigenvalue weighted by atomic mass is 19.1. The standard InChI is InChI=1S/C13H20FN/c1-9(2)15-11(4)10(3)12-7-5-6-8-13(12)14/h5-11,15H,1-4H3. The molecule has 0 aliphatic heterocycles. The summed E-state index contributed by atoms with van der Waals surface area (Å²) < 4.78 is 13.5. The summed E-state index contributed by atoms with van der Waals surface area (Å²) in [5, 5.41) is 3.40. The lowest BCUT2D eigenvalue weighted by molar-refractivity contribution is 0.429. The Morgan fingerprint density at radius 2 is 1.67 bits per heavy atom. The molecule has 0 amide bonds. The molecule has 1 N–H and O–H groups in total. The number of benzene rings is 1. The topological polar surface area (TPSA) is 12.0 Å². The van der Waals surface area contributed by atoms with Gasteiger partial charge in [-0.05, 0) is 24.5 Å². The fourth-order valence-electron chi connectivity index (χ4n) is 1.78. The van der Waals surface area contributed by atoms with Gasteiger partial charge in [-0.25, -0.2) is 4.39 Å². The van der Waals surface area contributed by atoms with Crippen molar-refractivity contribution < 1.29 is 4.39 Å². The van der Waals surface area contributed by atoms with E-state index in [1.54, 1.807) is 6.07 Å². The van der Waals surface area contributed by atoms with Gasteiger partial charge in [-0.2, -0.15) is 0 Å². The van der Waals surface area contributed by atoms with E-state index < -0.39 is 0 Å². The predicted molar refractivity (Wildman–Crippen MR) is 62.5 cm³/mol. The van der Waals surface area contributed by atoms with Crippen molar-refractivity contribution in [2.75, 3.05) is 0 Å². The number of hydrogen-bond acceptors (Lipinski definition) is 1. The average Bonchev–Trinajstić information content (AvgIpc) is 2.16. The van der Waals surface area contributed by atoms with Crippen LogP contribution < -0.4 is 5.32 Å². The molecule has 1 aromatic rings. The summed E-state index contributed by atoms with van der Waals surface area (Å²) >= 11 is 0. The maximum Gasteiger partial charge on any atom is 0.126 e. The molecule has 0 spiro atoms. The predicted octanol–water partition coefficient (Wildman–Crippen LogP) is 3.32. The van der Waals surface area contributed by atoms with Crippen LogP contribution in [-0.2, 0) is 0 Å². The van der Waals surface area contributed by atoms with Crippen LogP contribution in [-0.4, -0.2) is 12.1 Å². The minimum atomic E-state index is -0.109. The van der Waals surface area contributed by atoms with Crippen molar-refractivity contribution in [2.45, 2.75) is 45.7 Å². The van der Waals surface area contributed by atoms with E-state index >= 15 is 0 Å². The maximum atomic E-state index is 13.5. The van der Waals surface area contributed by atoms with Gasteiger partial charge in [-0.15, -0.1) is 0 Å². The summed E-state index contributed by atoms with van der Waals surface area (Å²) in [7, 11) is 0. The molecule has 2 unspecified atom stereocenters. The zero-order valence-corrected chi connectivity index (χ0v) is 9.92. The molecule has 1 nitrogen and oxygen atoms in total. The fraction of sp³-hybridized carbons (Fsp3) is 0.538. The SMILES string of the molecule is CC(C)NC(C)C(C)c1ccccc1F. The monoisotopic (exact) mass is 209 g/mol. The van der Waals surface area contributed by atoms with Crippen molar-refractivity contribution in [3.05, 3.63) is 35.6 Å². The van der Waals surface area contributed by atoms with Crippen LogP contribution in [0.15, 0.2) is 24.3 Å². The van der Waals surface area contributed by atoms with E-state index in [1.807, 2.05) is 12.1 Å². The number of rotatable bonds is 4. The molecular formula is C13H20FN. The molecule has 15 heavy (non-hydrogen) atoms. The lowest BCUT2D eigenvalue weighted by Crippen LogP contribution is -2.36. The van der Waals surface area contributed by atoms with Gasteiger partial charge in [0.2, 0.25) is 0 Å². The van der Waals surface area contributed by atoms with Crippen LogP contribution in [0.3, 0.4) is 0 Å². The van der Waals surface area contributed by atoms with Crippen LogP contribution >= 0.6 is 0 Å². The lowest BCUT2D eigenvalue weighted by Gasteiger charge is -2.24. The number of halogens is 1. The van der Waals surface area contributed by atoms with Crippen molar-refractivity contribution in [2.24, 2.45) is 0 Å². The fourth-order valence-corrected chi connectivity index (χ4v) is 1.78. The zero-order chi connectivity index (χ0) is 11.4. The minimum Gasteiger partial charge on any atom is -0.311 e. The summed E-state index contributed by atoms with van der Waals surface area (Å²) in [4.78, 5) is 0. The summed E-state index contributed by atoms with van der Waals surface area (Å²) in [5.74, 6) is 0.0796. The van der Waals surface area contributed by atoms with E-state index in [9.17, 15) is 4.39 Å². The highest BCUT2D eigenvalue weighted by Gasteiger charge is 2.17. The Labute approximate surface area is 91.7 Å². The summed E-state index contributed by atoms with van der Waals surface area (Å²) in [5.41, 5.74) is 0.790. The molecule has 0 saturated heterocycles. The average molecular weight is 209 g/mol. The van der Waals surface area contributed by atoms with E-state index in [4.69, 9.17) is 0 Å². The first kappa shape index (κ1) is 12.2. The van der Waals surface area contributed by atoms with Gasteiger partial charge in [0.15, 0.2) is 0 Å². The summed E-state index contributed by atoms with van der Waals surface area (Å²) in [6.07, 6.45) is 0. The second-order valence-corrected chi connectivity index (χ2v) is 4.42. The first-order chi connectivity index (χ1) is 7.02. The lowest BCUT2D eigenvalue weighted by atomic mass is 9.93. The molecule has 84 valence electrons. The van der Waals surface area contributed by atoms with Gasteiger partial charge >= 0.3 is 0 Å². The summed E-state index contributed by atoms with van der Waals surface area (Å²) in [6, 6.07) is 7.70. The Hall–Kier alpha value is -0.890. The van der Waals surface area contributed by atoms with Gasteiger partial charge in [-0.1, -0.05) is 39.0 Å². The second kappa shape index (κ2) is 5.26. The Kier molecular flexibility index (Phi) is 4.28. The molecule has 1 aromatic carbocycles. The first-order valence-electron chi connectivity index (χ1n) is 5.53. The second-order valence-electron chi connectivity index (χ2n) is 4.42. The van der Waals surface area contributed by atoms with Gasteiger partial charge in [0.25, 0.3) is 0 Å². The molecule has 2 atom stereocenters. The van der Waals surface area contributed by atoms with Crippen molar-refractivity contribution >= 4 is 0 Å². The highest BCUT2D eigenvalue weighted by molar-refractivity contribution is 5.22.